The quantitative estimate of drug-likeness (QED) is 0.533. The fourth-order valence-electron chi connectivity index (χ4n) is 2.65. The number of hydrogen-bond donors (Lipinski definition) is 1. The lowest BCUT2D eigenvalue weighted by Gasteiger charge is -2.14. The summed E-state index contributed by atoms with van der Waals surface area (Å²) in [5.41, 5.74) is 2.47. The van der Waals surface area contributed by atoms with E-state index < -0.39 is 0 Å². The summed E-state index contributed by atoms with van der Waals surface area (Å²) in [5, 5.41) is 11.5. The van der Waals surface area contributed by atoms with E-state index >= 15 is 0 Å². The zero-order valence-corrected chi connectivity index (χ0v) is 9.74. The Balaban J connectivity index is 2.11. The number of aryl methyl sites for hydroxylation is 2. The molecule has 2 heterocycles. The van der Waals surface area contributed by atoms with Crippen molar-refractivity contribution < 1.29 is 0 Å². The van der Waals surface area contributed by atoms with Gasteiger partial charge < -0.3 is 0 Å². The number of nitrogens with zero attached hydrogens (tertiary/aromatic N) is 4. The molecular formula is C12H15N5. The van der Waals surface area contributed by atoms with Gasteiger partial charge in [-0.05, 0) is 32.1 Å². The fourth-order valence-corrected chi connectivity index (χ4v) is 2.65. The third kappa shape index (κ3) is 1.70. The van der Waals surface area contributed by atoms with Gasteiger partial charge in [0.25, 0.3) is 0 Å². The lowest BCUT2D eigenvalue weighted by molar-refractivity contribution is 0.658. The molecule has 0 saturated heterocycles. The Kier molecular flexibility index (Phi) is 2.56. The van der Waals surface area contributed by atoms with Crippen LogP contribution < -0.4 is 5.32 Å². The summed E-state index contributed by atoms with van der Waals surface area (Å²) in [6, 6.07) is 0. The van der Waals surface area contributed by atoms with E-state index in [-0.39, 0.29) is 0 Å². The highest BCUT2D eigenvalue weighted by Crippen LogP contribution is 2.23. The van der Waals surface area contributed by atoms with Crippen LogP contribution in [0.2, 0.25) is 0 Å². The summed E-state index contributed by atoms with van der Waals surface area (Å²) < 4.78 is 2.07. The summed E-state index contributed by atoms with van der Waals surface area (Å²) >= 11 is 0. The van der Waals surface area contributed by atoms with Crippen LogP contribution in [-0.4, -0.2) is 22.1 Å². The second-order valence-electron chi connectivity index (χ2n) is 4.51. The standard InChI is InChI=1S/C12H15N5/c13-8-15-12-14-7-3-6-11-16-9-4-1-2-5-10(9)17(11)12/h1-7H2,(H,14,15). The van der Waals surface area contributed by atoms with Crippen LogP contribution in [0.4, 0.5) is 0 Å². The minimum Gasteiger partial charge on any atom is -0.270 e. The zero-order chi connectivity index (χ0) is 11.7. The first-order chi connectivity index (χ1) is 8.40. The van der Waals surface area contributed by atoms with Crippen molar-refractivity contribution in [2.45, 2.75) is 38.5 Å². The van der Waals surface area contributed by atoms with Crippen molar-refractivity contribution in [3.63, 3.8) is 0 Å². The van der Waals surface area contributed by atoms with Gasteiger partial charge in [0.2, 0.25) is 5.96 Å². The Bertz CT molecular complexity index is 506. The number of imidazole rings is 1. The predicted molar refractivity (Wildman–Crippen MR) is 63.6 cm³/mol. The van der Waals surface area contributed by atoms with Crippen LogP contribution in [0, 0.1) is 11.5 Å². The highest BCUT2D eigenvalue weighted by Gasteiger charge is 2.23. The lowest BCUT2D eigenvalue weighted by Crippen LogP contribution is -2.29. The smallest absolute Gasteiger partial charge is 0.217 e. The minimum absolute atomic E-state index is 0.663. The maximum atomic E-state index is 8.80. The second kappa shape index (κ2) is 4.21. The van der Waals surface area contributed by atoms with Crippen molar-refractivity contribution in [2.75, 3.05) is 6.54 Å². The first-order valence-electron chi connectivity index (χ1n) is 6.19. The molecule has 88 valence electrons. The van der Waals surface area contributed by atoms with Gasteiger partial charge in [-0.2, -0.15) is 5.26 Å². The van der Waals surface area contributed by atoms with Gasteiger partial charge in [-0.3, -0.25) is 14.9 Å². The van der Waals surface area contributed by atoms with Crippen molar-refractivity contribution >= 4 is 5.96 Å². The molecule has 0 fully saturated rings. The third-order valence-electron chi connectivity index (χ3n) is 3.40. The molecule has 0 atom stereocenters. The molecule has 0 radical (unpaired) electrons. The van der Waals surface area contributed by atoms with Crippen molar-refractivity contribution in [3.05, 3.63) is 17.2 Å². The molecule has 0 saturated carbocycles. The SMILES string of the molecule is N#CNC1=NCCCc2nc3c(n21)CCCC3. The molecule has 17 heavy (non-hydrogen) atoms. The van der Waals surface area contributed by atoms with E-state index in [0.29, 0.717) is 5.96 Å². The van der Waals surface area contributed by atoms with E-state index in [9.17, 15) is 0 Å². The van der Waals surface area contributed by atoms with Crippen LogP contribution in [-0.2, 0) is 19.3 Å². The van der Waals surface area contributed by atoms with E-state index in [1.807, 2.05) is 6.19 Å². The molecule has 0 amide bonds. The maximum absolute atomic E-state index is 8.80. The third-order valence-corrected chi connectivity index (χ3v) is 3.40. The van der Waals surface area contributed by atoms with Gasteiger partial charge in [-0.1, -0.05) is 0 Å². The normalized spacial score (nSPS) is 18.4. The molecule has 1 aromatic rings. The summed E-state index contributed by atoms with van der Waals surface area (Å²) in [4.78, 5) is 9.16. The van der Waals surface area contributed by atoms with E-state index in [1.54, 1.807) is 0 Å². The number of nitrogens with one attached hydrogen (secondary N) is 1. The number of aromatic nitrogens is 2. The predicted octanol–water partition coefficient (Wildman–Crippen LogP) is 0.983. The number of hydrogen-bond acceptors (Lipinski definition) is 4. The van der Waals surface area contributed by atoms with Crippen molar-refractivity contribution in [1.82, 2.24) is 14.9 Å². The molecule has 0 unspecified atom stereocenters. The van der Waals surface area contributed by atoms with E-state index in [2.05, 4.69) is 14.9 Å². The van der Waals surface area contributed by atoms with E-state index in [4.69, 9.17) is 10.2 Å². The largest absolute Gasteiger partial charge is 0.270 e. The molecule has 1 aliphatic heterocycles. The first-order valence-corrected chi connectivity index (χ1v) is 6.19. The Labute approximate surface area is 100 Å². The highest BCUT2D eigenvalue weighted by molar-refractivity contribution is 5.85. The van der Waals surface area contributed by atoms with Gasteiger partial charge in [0.15, 0.2) is 6.19 Å². The second-order valence-corrected chi connectivity index (χ2v) is 4.51. The average Bonchev–Trinajstić information content (AvgIpc) is 2.60. The molecule has 1 aromatic heterocycles. The van der Waals surface area contributed by atoms with Gasteiger partial charge in [0.05, 0.1) is 5.69 Å². The summed E-state index contributed by atoms with van der Waals surface area (Å²) in [6.45, 7) is 0.766. The average molecular weight is 229 g/mol. The van der Waals surface area contributed by atoms with Crippen LogP contribution in [0.25, 0.3) is 0 Å². The molecule has 0 aromatic carbocycles. The lowest BCUT2D eigenvalue weighted by atomic mass is 10.0. The summed E-state index contributed by atoms with van der Waals surface area (Å²) in [7, 11) is 0. The molecule has 3 rings (SSSR count). The number of aliphatic imine (C=N–C) groups is 1. The number of rotatable bonds is 0. The van der Waals surface area contributed by atoms with Crippen LogP contribution in [0.5, 0.6) is 0 Å². The Morgan fingerprint density at radius 2 is 2.06 bits per heavy atom. The molecular weight excluding hydrogens is 214 g/mol. The topological polar surface area (TPSA) is 66.0 Å². The van der Waals surface area contributed by atoms with Crippen LogP contribution in [0.15, 0.2) is 4.99 Å². The molecule has 5 nitrogen and oxygen atoms in total. The van der Waals surface area contributed by atoms with Crippen LogP contribution in [0.3, 0.4) is 0 Å². The first kappa shape index (κ1) is 10.3. The van der Waals surface area contributed by atoms with Gasteiger partial charge in [0.1, 0.15) is 5.82 Å². The van der Waals surface area contributed by atoms with E-state index in [0.717, 1.165) is 38.1 Å². The summed E-state index contributed by atoms with van der Waals surface area (Å²) in [6.07, 6.45) is 8.48. The van der Waals surface area contributed by atoms with E-state index in [1.165, 1.54) is 24.2 Å². The van der Waals surface area contributed by atoms with Crippen molar-refractivity contribution in [3.8, 4) is 6.19 Å². The van der Waals surface area contributed by atoms with Crippen molar-refractivity contribution in [2.24, 2.45) is 4.99 Å². The van der Waals surface area contributed by atoms with Gasteiger partial charge >= 0.3 is 0 Å². The monoisotopic (exact) mass is 229 g/mol. The minimum atomic E-state index is 0.663. The van der Waals surface area contributed by atoms with Gasteiger partial charge in [-0.15, -0.1) is 0 Å². The van der Waals surface area contributed by atoms with Gasteiger partial charge in [0, 0.05) is 18.7 Å². The zero-order valence-electron chi connectivity index (χ0n) is 9.74. The molecule has 2 aliphatic rings. The maximum Gasteiger partial charge on any atom is 0.217 e. The number of fused-ring (bicyclic) bond motifs is 3. The summed E-state index contributed by atoms with van der Waals surface area (Å²) in [5.74, 6) is 1.73. The molecule has 1 aliphatic carbocycles. The fraction of sp³-hybridized carbons (Fsp3) is 0.583. The van der Waals surface area contributed by atoms with Crippen LogP contribution >= 0.6 is 0 Å². The van der Waals surface area contributed by atoms with Crippen molar-refractivity contribution in [1.29, 1.82) is 5.26 Å². The molecule has 0 bridgehead atoms. The van der Waals surface area contributed by atoms with Gasteiger partial charge in [-0.25, -0.2) is 4.98 Å². The highest BCUT2D eigenvalue weighted by atomic mass is 15.3. The van der Waals surface area contributed by atoms with Crippen LogP contribution in [0.1, 0.15) is 36.5 Å². The number of nitriles is 1. The Morgan fingerprint density at radius 1 is 1.18 bits per heavy atom. The molecule has 1 N–H and O–H groups in total. The Hall–Kier alpha value is -1.83. The Morgan fingerprint density at radius 3 is 2.94 bits per heavy atom. The molecule has 5 heteroatoms. The molecule has 0 spiro atoms.